The Kier molecular flexibility index (Phi) is 3.69. The van der Waals surface area contributed by atoms with Crippen LogP contribution in [0.5, 0.6) is 0 Å². The molecule has 108 valence electrons. The van der Waals surface area contributed by atoms with E-state index >= 15 is 0 Å². The molecule has 1 amide bonds. The van der Waals surface area contributed by atoms with E-state index in [4.69, 9.17) is 5.11 Å². The number of fused-ring (bicyclic) bond motifs is 1. The highest BCUT2D eigenvalue weighted by atomic mass is 19.4. The Bertz CT molecular complexity index is 554. The predicted octanol–water partition coefficient (Wildman–Crippen LogP) is 2.57. The van der Waals surface area contributed by atoms with Crippen LogP contribution in [0.2, 0.25) is 0 Å². The summed E-state index contributed by atoms with van der Waals surface area (Å²) in [4.78, 5) is 23.8. The van der Waals surface area contributed by atoms with Gasteiger partial charge >= 0.3 is 12.1 Å². The molecule has 1 N–H and O–H groups in total. The highest BCUT2D eigenvalue weighted by Crippen LogP contribution is 2.27. The molecule has 4 nitrogen and oxygen atoms in total. The summed E-state index contributed by atoms with van der Waals surface area (Å²) >= 11 is 0. The van der Waals surface area contributed by atoms with Gasteiger partial charge < -0.3 is 10.0 Å². The zero-order valence-corrected chi connectivity index (χ0v) is 10.4. The minimum atomic E-state index is -4.35. The van der Waals surface area contributed by atoms with Crippen LogP contribution >= 0.6 is 0 Å². The van der Waals surface area contributed by atoms with Gasteiger partial charge in [0.1, 0.15) is 0 Å². The van der Waals surface area contributed by atoms with Gasteiger partial charge in [-0.2, -0.15) is 13.2 Å². The van der Waals surface area contributed by atoms with Gasteiger partial charge in [0.2, 0.25) is 5.91 Å². The first-order valence-corrected chi connectivity index (χ1v) is 5.96. The summed E-state index contributed by atoms with van der Waals surface area (Å²) in [5, 5.41) is 8.86. The van der Waals surface area contributed by atoms with Gasteiger partial charge in [0.05, 0.1) is 12.0 Å². The van der Waals surface area contributed by atoms with Gasteiger partial charge in [0.25, 0.3) is 0 Å². The third-order valence-electron chi connectivity index (χ3n) is 3.15. The monoisotopic (exact) mass is 287 g/mol. The third-order valence-corrected chi connectivity index (χ3v) is 3.15. The Hall–Kier alpha value is -2.05. The summed E-state index contributed by atoms with van der Waals surface area (Å²) in [6, 6.07) is 4.47. The number of hydrogen-bond acceptors (Lipinski definition) is 2. The number of amides is 1. The maximum Gasteiger partial charge on any atom is 0.389 e. The van der Waals surface area contributed by atoms with Gasteiger partial charge in [-0.25, -0.2) is 4.79 Å². The number of hydrogen-bond donors (Lipinski definition) is 1. The lowest BCUT2D eigenvalue weighted by atomic mass is 10.1. The van der Waals surface area contributed by atoms with Crippen molar-refractivity contribution in [2.75, 3.05) is 0 Å². The maximum atomic E-state index is 12.1. The van der Waals surface area contributed by atoms with Crippen molar-refractivity contribution in [1.82, 2.24) is 4.90 Å². The van der Waals surface area contributed by atoms with Crippen LogP contribution < -0.4 is 0 Å². The normalized spacial score (nSPS) is 14.2. The summed E-state index contributed by atoms with van der Waals surface area (Å²) in [6.45, 7) is 0.388. The molecule has 0 spiro atoms. The van der Waals surface area contributed by atoms with Crippen LogP contribution in [0.4, 0.5) is 13.2 Å². The van der Waals surface area contributed by atoms with Crippen molar-refractivity contribution in [1.29, 1.82) is 0 Å². The van der Waals surface area contributed by atoms with Crippen molar-refractivity contribution in [3.8, 4) is 0 Å². The molecule has 1 aliphatic rings. The molecule has 1 aromatic rings. The van der Waals surface area contributed by atoms with Crippen LogP contribution in [-0.2, 0) is 17.9 Å². The first-order valence-electron chi connectivity index (χ1n) is 5.96. The highest BCUT2D eigenvalue weighted by molar-refractivity contribution is 5.88. The highest BCUT2D eigenvalue weighted by Gasteiger charge is 2.31. The van der Waals surface area contributed by atoms with Crippen molar-refractivity contribution in [3.05, 3.63) is 34.9 Å². The molecule has 0 aliphatic carbocycles. The number of alkyl halides is 3. The lowest BCUT2D eigenvalue weighted by Crippen LogP contribution is -2.26. The number of carbonyl (C=O) groups is 2. The predicted molar refractivity (Wildman–Crippen MR) is 62.9 cm³/mol. The average molecular weight is 287 g/mol. The second kappa shape index (κ2) is 5.15. The molecule has 0 fully saturated rings. The fourth-order valence-electron chi connectivity index (χ4n) is 2.11. The van der Waals surface area contributed by atoms with Gasteiger partial charge in [-0.1, -0.05) is 6.07 Å². The Labute approximate surface area is 112 Å². The van der Waals surface area contributed by atoms with Gasteiger partial charge in [-0.3, -0.25) is 4.79 Å². The molecule has 1 heterocycles. The van der Waals surface area contributed by atoms with Crippen LogP contribution in [-0.4, -0.2) is 28.1 Å². The zero-order valence-electron chi connectivity index (χ0n) is 10.4. The molecule has 0 saturated carbocycles. The molecule has 1 aliphatic heterocycles. The lowest BCUT2D eigenvalue weighted by molar-refractivity contribution is -0.149. The number of aromatic carboxylic acids is 1. The SMILES string of the molecule is O=C(O)c1ccc2c(c1)CN(C(=O)CCC(F)(F)F)C2. The number of benzene rings is 1. The van der Waals surface area contributed by atoms with E-state index in [1.165, 1.54) is 17.0 Å². The molecule has 0 atom stereocenters. The van der Waals surface area contributed by atoms with Gasteiger partial charge in [0.15, 0.2) is 0 Å². The van der Waals surface area contributed by atoms with E-state index in [9.17, 15) is 22.8 Å². The second-order valence-electron chi connectivity index (χ2n) is 4.65. The number of carboxylic acids is 1. The molecule has 7 heteroatoms. The number of nitrogens with zero attached hydrogens (tertiary/aromatic N) is 1. The summed E-state index contributed by atoms with van der Waals surface area (Å²) in [7, 11) is 0. The maximum absolute atomic E-state index is 12.1. The van der Waals surface area contributed by atoms with E-state index in [0.29, 0.717) is 5.56 Å². The van der Waals surface area contributed by atoms with Crippen LogP contribution in [0.15, 0.2) is 18.2 Å². The van der Waals surface area contributed by atoms with Crippen molar-refractivity contribution in [2.45, 2.75) is 32.1 Å². The molecule has 0 radical (unpaired) electrons. The Morgan fingerprint density at radius 3 is 2.45 bits per heavy atom. The Morgan fingerprint density at radius 1 is 1.20 bits per heavy atom. The Morgan fingerprint density at radius 2 is 1.85 bits per heavy atom. The van der Waals surface area contributed by atoms with Crippen molar-refractivity contribution in [2.24, 2.45) is 0 Å². The summed E-state index contributed by atoms with van der Waals surface area (Å²) in [5.41, 5.74) is 1.55. The fraction of sp³-hybridized carbons (Fsp3) is 0.385. The van der Waals surface area contributed by atoms with E-state index in [1.54, 1.807) is 6.07 Å². The first-order chi connectivity index (χ1) is 9.26. The molecule has 0 aromatic heterocycles. The third kappa shape index (κ3) is 3.28. The lowest BCUT2D eigenvalue weighted by Gasteiger charge is -2.15. The number of carbonyl (C=O) groups excluding carboxylic acids is 1. The largest absolute Gasteiger partial charge is 0.478 e. The van der Waals surface area contributed by atoms with Gasteiger partial charge in [-0.05, 0) is 23.3 Å². The Balaban J connectivity index is 2.02. The van der Waals surface area contributed by atoms with E-state index < -0.39 is 30.9 Å². The smallest absolute Gasteiger partial charge is 0.389 e. The van der Waals surface area contributed by atoms with Crippen LogP contribution in [0.25, 0.3) is 0 Å². The van der Waals surface area contributed by atoms with Crippen LogP contribution in [0.3, 0.4) is 0 Å². The minimum Gasteiger partial charge on any atom is -0.478 e. The van der Waals surface area contributed by atoms with Crippen molar-refractivity contribution >= 4 is 11.9 Å². The van der Waals surface area contributed by atoms with Gasteiger partial charge in [-0.15, -0.1) is 0 Å². The molecular formula is C13H12F3NO3. The van der Waals surface area contributed by atoms with E-state index in [2.05, 4.69) is 0 Å². The van der Waals surface area contributed by atoms with E-state index in [1.807, 2.05) is 0 Å². The molecular weight excluding hydrogens is 275 g/mol. The summed E-state index contributed by atoms with van der Waals surface area (Å²) in [6.07, 6.45) is -6.07. The average Bonchev–Trinajstić information content (AvgIpc) is 2.77. The standard InChI is InChI=1S/C13H12F3NO3/c14-13(15,16)4-3-11(18)17-6-9-2-1-8(12(19)20)5-10(9)7-17/h1-2,5H,3-4,6-7H2,(H,19,20). The van der Waals surface area contributed by atoms with Crippen molar-refractivity contribution in [3.63, 3.8) is 0 Å². The molecule has 1 aromatic carbocycles. The van der Waals surface area contributed by atoms with Crippen LogP contribution in [0, 0.1) is 0 Å². The minimum absolute atomic E-state index is 0.105. The van der Waals surface area contributed by atoms with Gasteiger partial charge in [0, 0.05) is 19.5 Å². The van der Waals surface area contributed by atoms with Crippen LogP contribution in [0.1, 0.15) is 34.3 Å². The molecule has 0 unspecified atom stereocenters. The quantitative estimate of drug-likeness (QED) is 0.929. The topological polar surface area (TPSA) is 57.6 Å². The number of halogens is 3. The number of carboxylic acid groups (broad SMARTS) is 1. The summed E-state index contributed by atoms with van der Waals surface area (Å²) < 4.78 is 36.2. The van der Waals surface area contributed by atoms with Crippen molar-refractivity contribution < 1.29 is 27.9 Å². The first kappa shape index (κ1) is 14.4. The molecule has 2 rings (SSSR count). The molecule has 0 bridgehead atoms. The van der Waals surface area contributed by atoms with E-state index in [0.717, 1.165) is 5.56 Å². The summed E-state index contributed by atoms with van der Waals surface area (Å²) in [5.74, 6) is -1.65. The second-order valence-corrected chi connectivity index (χ2v) is 4.65. The van der Waals surface area contributed by atoms with E-state index in [-0.39, 0.29) is 18.7 Å². The number of rotatable bonds is 3. The fourth-order valence-corrected chi connectivity index (χ4v) is 2.11. The molecule has 0 saturated heterocycles. The zero-order chi connectivity index (χ0) is 14.9. The molecule has 20 heavy (non-hydrogen) atoms.